The number of nitrogens with one attached hydrogen (secondary N) is 2. The molecule has 2 aromatic heterocycles. The molecule has 2 spiro atoms. The molecule has 0 radical (unpaired) electrons. The zero-order chi connectivity index (χ0) is 63.1. The normalized spacial score (nSPS) is 18.7. The molecule has 4 aromatic rings. The Kier molecular flexibility index (Phi) is 21.0. The van der Waals surface area contributed by atoms with Gasteiger partial charge in [-0.3, -0.25) is 46.9 Å². The molecule has 4 amide bonds. The number of ether oxygens (including phenoxy) is 6. The van der Waals surface area contributed by atoms with E-state index in [9.17, 15) is 80.2 Å². The lowest BCUT2D eigenvalue weighted by atomic mass is 9.92. The number of hydrogen-bond donors (Lipinski definition) is 5. The van der Waals surface area contributed by atoms with E-state index in [4.69, 9.17) is 37.5 Å². The second-order valence-corrected chi connectivity index (χ2v) is 25.7. The predicted octanol–water partition coefficient (Wildman–Crippen LogP) is 4.83. The van der Waals surface area contributed by atoms with Crippen molar-refractivity contribution < 1.29 is 108 Å². The van der Waals surface area contributed by atoms with Crippen molar-refractivity contribution in [3.05, 3.63) is 126 Å². The van der Waals surface area contributed by atoms with Gasteiger partial charge in [-0.2, -0.15) is 0 Å². The Hall–Kier alpha value is -7.66. The standard InChI is InChI=1S/C31H38F2N3O14P.C22H24F2N3O7P/c1-18(2)49-29(41)45-16-47-51(43,48-17-46-30(42)50-19(3)4)10-8-35-14-31(7-9-44-15-31)36-13-22(25(37)26(38)24(36)28(35)40)27(39)34-12-20-5-6-21(32)11-23(20)33;1-35(32,33)7-5-26-11-22(4-6-34-12-22)27-10-15(18(28)19(29)17(27)21(26)31)20(30)25-9-13-2-3-14(23)8-16(13)24/h5-6,11,13,18-19,38H,7-10,12,14-17H2,1-4H3,(H,34,39);2-3,8,10,29H,4-7,9,11-12H2,1H3,(H,25,30)(H,32,33)/t31-;22-/m00/s1. The lowest BCUT2D eigenvalue weighted by Gasteiger charge is -2.43. The second kappa shape index (κ2) is 27.4. The van der Waals surface area contributed by atoms with E-state index in [0.29, 0.717) is 25.2 Å². The van der Waals surface area contributed by atoms with Crippen LogP contribution in [0, 0.1) is 23.3 Å². The Labute approximate surface area is 486 Å². The van der Waals surface area contributed by atoms with Crippen LogP contribution in [0.25, 0.3) is 0 Å². The van der Waals surface area contributed by atoms with Crippen LogP contribution in [-0.4, -0.2) is 167 Å². The van der Waals surface area contributed by atoms with E-state index in [1.165, 1.54) is 31.8 Å². The van der Waals surface area contributed by atoms with Gasteiger partial charge in [-0.25, -0.2) is 27.2 Å². The van der Waals surface area contributed by atoms with E-state index in [1.807, 2.05) is 0 Å². The fourth-order valence-electron chi connectivity index (χ4n) is 9.52. The Bertz CT molecular complexity index is 3460. The second-order valence-electron chi connectivity index (χ2n) is 20.9. The maximum atomic E-state index is 14.1. The maximum absolute atomic E-state index is 14.1. The number of aromatic nitrogens is 2. The van der Waals surface area contributed by atoms with Gasteiger partial charge in [0, 0.05) is 101 Å². The minimum atomic E-state index is -4.32. The molecule has 86 heavy (non-hydrogen) atoms. The smallest absolute Gasteiger partial charge is 0.503 e. The van der Waals surface area contributed by atoms with Gasteiger partial charge in [-0.1, -0.05) is 12.1 Å². The van der Waals surface area contributed by atoms with Crippen molar-refractivity contribution in [3.8, 4) is 11.5 Å². The van der Waals surface area contributed by atoms with E-state index >= 15 is 0 Å². The molecular weight excluding hydrogens is 1190 g/mol. The van der Waals surface area contributed by atoms with Crippen molar-refractivity contribution in [2.45, 2.75) is 76.9 Å². The number of carbonyl (C=O) groups excluding carboxylic acids is 6. The Balaban J connectivity index is 0.000000263. The number of benzene rings is 2. The quantitative estimate of drug-likeness (QED) is 0.0342. The van der Waals surface area contributed by atoms with Crippen molar-refractivity contribution in [3.63, 3.8) is 0 Å². The van der Waals surface area contributed by atoms with Crippen LogP contribution < -0.4 is 21.5 Å². The van der Waals surface area contributed by atoms with Crippen LogP contribution in [0.5, 0.6) is 11.5 Å². The summed E-state index contributed by atoms with van der Waals surface area (Å²) in [6.45, 7) is 5.07. The fraction of sp³-hybridized carbons (Fsp3) is 0.472. The molecule has 468 valence electrons. The number of fused-ring (bicyclic) bond motifs is 4. The molecule has 4 aliphatic rings. The highest BCUT2D eigenvalue weighted by molar-refractivity contribution is 7.57. The number of halogens is 4. The van der Waals surface area contributed by atoms with Gasteiger partial charge in [0.2, 0.25) is 24.4 Å². The number of aromatic hydroxyl groups is 2. The van der Waals surface area contributed by atoms with Crippen LogP contribution in [0.15, 0.2) is 58.4 Å². The summed E-state index contributed by atoms with van der Waals surface area (Å²) in [5.41, 5.74) is -6.20. The highest BCUT2D eigenvalue weighted by Gasteiger charge is 2.49. The van der Waals surface area contributed by atoms with E-state index < -0.39 is 163 Å². The highest BCUT2D eigenvalue weighted by Crippen LogP contribution is 2.49. The number of pyridine rings is 2. The number of rotatable bonds is 20. The lowest BCUT2D eigenvalue weighted by Crippen LogP contribution is -2.56. The number of nitrogens with zero attached hydrogens (tertiary/aromatic N) is 4. The summed E-state index contributed by atoms with van der Waals surface area (Å²) < 4.78 is 123. The van der Waals surface area contributed by atoms with Crippen LogP contribution in [0.4, 0.5) is 27.2 Å². The van der Waals surface area contributed by atoms with Gasteiger partial charge in [-0.05, 0) is 52.7 Å². The minimum absolute atomic E-state index is 0.00869. The van der Waals surface area contributed by atoms with Crippen LogP contribution in [0.1, 0.15) is 93.4 Å². The van der Waals surface area contributed by atoms with Gasteiger partial charge in [0.25, 0.3) is 23.6 Å². The van der Waals surface area contributed by atoms with Crippen LogP contribution in [0.3, 0.4) is 0 Å². The first kappa shape index (κ1) is 65.9. The van der Waals surface area contributed by atoms with Gasteiger partial charge >= 0.3 is 19.9 Å². The van der Waals surface area contributed by atoms with Crippen molar-refractivity contribution in [1.82, 2.24) is 29.6 Å². The van der Waals surface area contributed by atoms with Gasteiger partial charge in [0.15, 0.2) is 30.3 Å². The third-order valence-electron chi connectivity index (χ3n) is 13.8. The molecule has 33 heteroatoms. The molecule has 3 atom stereocenters. The van der Waals surface area contributed by atoms with E-state index in [1.54, 1.807) is 27.7 Å². The third kappa shape index (κ3) is 15.7. The zero-order valence-electron chi connectivity index (χ0n) is 47.0. The summed E-state index contributed by atoms with van der Waals surface area (Å²) in [5, 5.41) is 26.4. The van der Waals surface area contributed by atoms with Crippen molar-refractivity contribution in [2.75, 3.05) is 85.2 Å². The average molecular weight is 1260 g/mol. The Morgan fingerprint density at radius 1 is 0.651 bits per heavy atom. The number of hydrogen-bond acceptors (Lipinski definition) is 20. The SMILES string of the molecule is CC(C)OC(=O)OCOP(=O)(CCN1C[C@]2(CCOC2)n2cc(C(=O)NCc3ccc(F)cc3F)c(=O)c(O)c2C1=O)OCOC(=O)OC(C)C.CP(=O)(O)CCN1C[C@]2(CCOC2)n2cc(C(=O)NCc3ccc(F)cc3F)c(=O)c(O)c2C1=O. The number of carbonyl (C=O) groups is 6. The van der Waals surface area contributed by atoms with E-state index in [-0.39, 0.29) is 81.9 Å². The van der Waals surface area contributed by atoms with Crippen LogP contribution in [0.2, 0.25) is 0 Å². The first-order chi connectivity index (χ1) is 40.5. The summed E-state index contributed by atoms with van der Waals surface area (Å²) in [4.78, 5) is 115. The molecule has 4 aliphatic heterocycles. The van der Waals surface area contributed by atoms with Gasteiger partial charge in [0.05, 0.1) is 42.7 Å². The molecule has 6 heterocycles. The molecule has 1 unspecified atom stereocenters. The molecule has 8 rings (SSSR count). The predicted molar refractivity (Wildman–Crippen MR) is 289 cm³/mol. The first-order valence-corrected chi connectivity index (χ1v) is 30.5. The molecule has 2 saturated heterocycles. The van der Waals surface area contributed by atoms with E-state index in [2.05, 4.69) is 10.6 Å². The topological polar surface area (TPSA) is 346 Å². The molecule has 2 aromatic carbocycles. The van der Waals surface area contributed by atoms with Crippen molar-refractivity contribution in [1.29, 1.82) is 0 Å². The zero-order valence-corrected chi connectivity index (χ0v) is 48.8. The monoisotopic (exact) mass is 1260 g/mol. The number of amides is 4. The summed E-state index contributed by atoms with van der Waals surface area (Å²) in [6.07, 6.45) is -1.08. The Morgan fingerprint density at radius 3 is 1.40 bits per heavy atom. The first-order valence-electron chi connectivity index (χ1n) is 26.5. The highest BCUT2D eigenvalue weighted by atomic mass is 31.2. The largest absolute Gasteiger partial charge is 0.510 e. The Morgan fingerprint density at radius 2 is 1.05 bits per heavy atom. The molecule has 2 fully saturated rings. The van der Waals surface area contributed by atoms with E-state index in [0.717, 1.165) is 30.5 Å². The van der Waals surface area contributed by atoms with Gasteiger partial charge < -0.3 is 73.1 Å². The molecule has 0 aliphatic carbocycles. The molecule has 0 bridgehead atoms. The lowest BCUT2D eigenvalue weighted by molar-refractivity contribution is -0.0304. The summed E-state index contributed by atoms with van der Waals surface area (Å²) in [6, 6.07) is 5.60. The molecule has 5 N–H and O–H groups in total. The molecule has 0 saturated carbocycles. The van der Waals surface area contributed by atoms with Crippen molar-refractivity contribution in [2.24, 2.45) is 0 Å². The van der Waals surface area contributed by atoms with Crippen molar-refractivity contribution >= 4 is 50.9 Å². The average Bonchev–Trinajstić information content (AvgIpc) is 1.36. The summed E-state index contributed by atoms with van der Waals surface area (Å²) in [7, 11) is -7.75. The minimum Gasteiger partial charge on any atom is -0.503 e. The van der Waals surface area contributed by atoms with Crippen LogP contribution >= 0.6 is 15.0 Å². The third-order valence-corrected chi connectivity index (χ3v) is 16.6. The molecular formula is C53H62F4N6O21P2. The summed E-state index contributed by atoms with van der Waals surface area (Å²) >= 11 is 0. The van der Waals surface area contributed by atoms with Crippen LogP contribution in [-0.2, 0) is 70.8 Å². The summed E-state index contributed by atoms with van der Waals surface area (Å²) in [5.74, 6) is -8.89. The van der Waals surface area contributed by atoms with Gasteiger partial charge in [-0.15, -0.1) is 0 Å². The maximum Gasteiger partial charge on any atom is 0.510 e. The fourth-order valence-corrected chi connectivity index (χ4v) is 11.4. The molecule has 27 nitrogen and oxygen atoms in total. The van der Waals surface area contributed by atoms with Gasteiger partial charge in [0.1, 0.15) is 34.4 Å².